The Labute approximate surface area is 115 Å². The molecule has 1 aromatic carbocycles. The van der Waals surface area contributed by atoms with Crippen LogP contribution in [0.3, 0.4) is 0 Å². The zero-order valence-electron chi connectivity index (χ0n) is 11.1. The molecule has 0 aliphatic rings. The van der Waals surface area contributed by atoms with Gasteiger partial charge in [0.25, 0.3) is 5.91 Å². The van der Waals surface area contributed by atoms with Gasteiger partial charge in [-0.05, 0) is 13.8 Å². The van der Waals surface area contributed by atoms with Gasteiger partial charge in [-0.1, -0.05) is 35.5 Å². The zero-order chi connectivity index (χ0) is 14.8. The fourth-order valence-corrected chi connectivity index (χ4v) is 1.53. The second-order valence-electron chi connectivity index (χ2n) is 4.83. The number of nitrogens with one attached hydrogen (secondary N) is 1. The van der Waals surface area contributed by atoms with Crippen LogP contribution < -0.4 is 5.32 Å². The number of rotatable bonds is 4. The molecule has 0 radical (unpaired) electrons. The molecule has 0 aliphatic heterocycles. The summed E-state index contributed by atoms with van der Waals surface area (Å²) in [7, 11) is 0. The maximum absolute atomic E-state index is 11.9. The van der Waals surface area contributed by atoms with Crippen molar-refractivity contribution >= 4 is 11.9 Å². The second-order valence-corrected chi connectivity index (χ2v) is 4.83. The second kappa shape index (κ2) is 5.16. The van der Waals surface area contributed by atoms with Gasteiger partial charge < -0.3 is 14.9 Å². The molecule has 0 atom stereocenters. The summed E-state index contributed by atoms with van der Waals surface area (Å²) in [6.45, 7) is 2.78. The number of carbonyl (C=O) groups is 2. The normalized spacial score (nSPS) is 11.1. The highest BCUT2D eigenvalue weighted by Gasteiger charge is 2.30. The van der Waals surface area contributed by atoms with Crippen LogP contribution >= 0.6 is 0 Å². The highest BCUT2D eigenvalue weighted by molar-refractivity contribution is 5.96. The lowest BCUT2D eigenvalue weighted by Gasteiger charge is -2.19. The number of aliphatic carboxylic acids is 1. The maximum atomic E-state index is 11.9. The number of hydrogen-bond acceptors (Lipinski definition) is 4. The molecule has 1 amide bonds. The fourth-order valence-electron chi connectivity index (χ4n) is 1.53. The molecule has 20 heavy (non-hydrogen) atoms. The Balaban J connectivity index is 2.17. The molecule has 0 aliphatic carbocycles. The van der Waals surface area contributed by atoms with E-state index in [0.29, 0.717) is 5.69 Å². The van der Waals surface area contributed by atoms with E-state index in [4.69, 9.17) is 9.63 Å². The van der Waals surface area contributed by atoms with Crippen LogP contribution in [-0.4, -0.2) is 27.7 Å². The van der Waals surface area contributed by atoms with Gasteiger partial charge in [-0.25, -0.2) is 4.79 Å². The Morgan fingerprint density at radius 3 is 2.50 bits per heavy atom. The lowest BCUT2D eigenvalue weighted by atomic mass is 10.1. The van der Waals surface area contributed by atoms with Gasteiger partial charge in [0.2, 0.25) is 5.76 Å². The first-order valence-electron chi connectivity index (χ1n) is 5.98. The van der Waals surface area contributed by atoms with E-state index in [0.717, 1.165) is 5.56 Å². The lowest BCUT2D eigenvalue weighted by Crippen LogP contribution is -2.49. The minimum absolute atomic E-state index is 0.0295. The fraction of sp³-hybridized carbons (Fsp3) is 0.214. The number of hydrogen-bond donors (Lipinski definition) is 2. The first-order chi connectivity index (χ1) is 9.40. The van der Waals surface area contributed by atoms with Gasteiger partial charge in [0.05, 0.1) is 0 Å². The Hall–Kier alpha value is -2.63. The Morgan fingerprint density at radius 2 is 1.90 bits per heavy atom. The molecule has 1 heterocycles. The van der Waals surface area contributed by atoms with Gasteiger partial charge in [-0.3, -0.25) is 4.79 Å². The third-order valence-corrected chi connectivity index (χ3v) is 2.76. The summed E-state index contributed by atoms with van der Waals surface area (Å²) in [5.74, 6) is -1.78. The van der Waals surface area contributed by atoms with Crippen LogP contribution in [0.1, 0.15) is 24.4 Å². The van der Waals surface area contributed by atoms with E-state index < -0.39 is 17.4 Å². The summed E-state index contributed by atoms with van der Waals surface area (Å²) < 4.78 is 4.95. The molecular formula is C14H14N2O4. The number of carboxylic acid groups (broad SMARTS) is 1. The smallest absolute Gasteiger partial charge is 0.328 e. The molecule has 0 unspecified atom stereocenters. The van der Waals surface area contributed by atoms with Crippen LogP contribution in [0.4, 0.5) is 0 Å². The van der Waals surface area contributed by atoms with E-state index in [2.05, 4.69) is 10.5 Å². The average molecular weight is 274 g/mol. The van der Waals surface area contributed by atoms with E-state index in [-0.39, 0.29) is 5.76 Å². The van der Waals surface area contributed by atoms with Gasteiger partial charge in [-0.2, -0.15) is 0 Å². The molecule has 104 valence electrons. The van der Waals surface area contributed by atoms with Crippen molar-refractivity contribution < 1.29 is 19.2 Å². The van der Waals surface area contributed by atoms with Crippen LogP contribution in [0, 0.1) is 0 Å². The van der Waals surface area contributed by atoms with E-state index in [9.17, 15) is 9.59 Å². The molecule has 0 saturated heterocycles. The van der Waals surface area contributed by atoms with Crippen molar-refractivity contribution in [3.63, 3.8) is 0 Å². The van der Waals surface area contributed by atoms with Gasteiger partial charge in [0.15, 0.2) is 0 Å². The third kappa shape index (κ3) is 2.85. The largest absolute Gasteiger partial charge is 0.480 e. The number of amides is 1. The number of carboxylic acids is 1. The predicted octanol–water partition coefficient (Wildman–Crippen LogP) is 1.93. The molecule has 6 heteroatoms. The van der Waals surface area contributed by atoms with Crippen molar-refractivity contribution in [1.29, 1.82) is 0 Å². The van der Waals surface area contributed by atoms with E-state index in [1.54, 1.807) is 0 Å². The standard InChI is InChI=1S/C14H14N2O4/c1-14(2,13(18)19)15-12(17)11-8-10(16-20-11)9-6-4-3-5-7-9/h3-8H,1-2H3,(H,15,17)(H,18,19). The Bertz CT molecular complexity index is 632. The van der Waals surface area contributed by atoms with E-state index >= 15 is 0 Å². The van der Waals surface area contributed by atoms with Crippen LogP contribution in [0.25, 0.3) is 11.3 Å². The molecule has 0 spiro atoms. The maximum Gasteiger partial charge on any atom is 0.328 e. The summed E-state index contributed by atoms with van der Waals surface area (Å²) in [6.07, 6.45) is 0. The van der Waals surface area contributed by atoms with Crippen molar-refractivity contribution in [3.05, 3.63) is 42.2 Å². The van der Waals surface area contributed by atoms with Crippen LogP contribution in [0.5, 0.6) is 0 Å². The molecular weight excluding hydrogens is 260 g/mol. The molecule has 2 N–H and O–H groups in total. The summed E-state index contributed by atoms with van der Waals surface area (Å²) >= 11 is 0. The van der Waals surface area contributed by atoms with Crippen molar-refractivity contribution in [2.24, 2.45) is 0 Å². The number of nitrogens with zero attached hydrogens (tertiary/aromatic N) is 1. The Morgan fingerprint density at radius 1 is 1.25 bits per heavy atom. The van der Waals surface area contributed by atoms with Crippen molar-refractivity contribution in [1.82, 2.24) is 10.5 Å². The predicted molar refractivity (Wildman–Crippen MR) is 71.1 cm³/mol. The van der Waals surface area contributed by atoms with Crippen LogP contribution in [0.15, 0.2) is 40.9 Å². The van der Waals surface area contributed by atoms with Crippen LogP contribution in [-0.2, 0) is 4.79 Å². The third-order valence-electron chi connectivity index (χ3n) is 2.76. The molecule has 0 fully saturated rings. The van der Waals surface area contributed by atoms with E-state index in [1.165, 1.54) is 19.9 Å². The Kier molecular flexibility index (Phi) is 3.56. The summed E-state index contributed by atoms with van der Waals surface area (Å²) in [4.78, 5) is 22.9. The molecule has 6 nitrogen and oxygen atoms in total. The monoisotopic (exact) mass is 274 g/mol. The molecule has 0 saturated carbocycles. The lowest BCUT2D eigenvalue weighted by molar-refractivity contribution is -0.143. The highest BCUT2D eigenvalue weighted by atomic mass is 16.5. The van der Waals surface area contributed by atoms with Gasteiger partial charge in [0, 0.05) is 11.6 Å². The molecule has 2 aromatic rings. The average Bonchev–Trinajstić information content (AvgIpc) is 2.88. The van der Waals surface area contributed by atoms with Crippen LogP contribution in [0.2, 0.25) is 0 Å². The van der Waals surface area contributed by atoms with Gasteiger partial charge in [-0.15, -0.1) is 0 Å². The summed E-state index contributed by atoms with van der Waals surface area (Å²) in [5, 5.41) is 15.1. The topological polar surface area (TPSA) is 92.4 Å². The van der Waals surface area contributed by atoms with Gasteiger partial charge in [0.1, 0.15) is 11.2 Å². The number of aromatic nitrogens is 1. The number of carbonyl (C=O) groups excluding carboxylic acids is 1. The molecule has 1 aromatic heterocycles. The summed E-state index contributed by atoms with van der Waals surface area (Å²) in [5.41, 5.74) is -0.0479. The number of benzene rings is 1. The molecule has 0 bridgehead atoms. The van der Waals surface area contributed by atoms with Crippen molar-refractivity contribution in [2.45, 2.75) is 19.4 Å². The van der Waals surface area contributed by atoms with Crippen molar-refractivity contribution in [3.8, 4) is 11.3 Å². The minimum Gasteiger partial charge on any atom is -0.480 e. The SMILES string of the molecule is CC(C)(NC(=O)c1cc(-c2ccccc2)no1)C(=O)O. The van der Waals surface area contributed by atoms with Crippen molar-refractivity contribution in [2.75, 3.05) is 0 Å². The molecule has 2 rings (SSSR count). The quantitative estimate of drug-likeness (QED) is 0.888. The van der Waals surface area contributed by atoms with Gasteiger partial charge >= 0.3 is 5.97 Å². The first-order valence-corrected chi connectivity index (χ1v) is 5.98. The highest BCUT2D eigenvalue weighted by Crippen LogP contribution is 2.18. The first kappa shape index (κ1) is 13.8. The summed E-state index contributed by atoms with van der Waals surface area (Å²) in [6, 6.07) is 10.7. The van der Waals surface area contributed by atoms with E-state index in [1.807, 2.05) is 30.3 Å². The zero-order valence-corrected chi connectivity index (χ0v) is 11.1. The minimum atomic E-state index is -1.38.